The molecule has 0 saturated carbocycles. The van der Waals surface area contributed by atoms with Crippen molar-refractivity contribution in [1.29, 1.82) is 0 Å². The van der Waals surface area contributed by atoms with E-state index in [0.717, 1.165) is 33.4 Å². The van der Waals surface area contributed by atoms with Gasteiger partial charge in [-0.2, -0.15) is 0 Å². The van der Waals surface area contributed by atoms with Crippen LogP contribution in [0, 0.1) is 0 Å². The third-order valence-corrected chi connectivity index (χ3v) is 6.48. The number of methoxy groups -OCH3 is 1. The van der Waals surface area contributed by atoms with E-state index in [1.54, 1.807) is 24.3 Å². The second-order valence-electron chi connectivity index (χ2n) is 8.98. The zero-order chi connectivity index (χ0) is 27.2. The van der Waals surface area contributed by atoms with Gasteiger partial charge in [0.2, 0.25) is 0 Å². The lowest BCUT2D eigenvalue weighted by Gasteiger charge is -2.17. The molecule has 0 spiro atoms. The molecule has 0 unspecified atom stereocenters. The number of alkyl carbamates (subject to hydrolysis) is 1. The van der Waals surface area contributed by atoms with Crippen molar-refractivity contribution in [3.8, 4) is 11.1 Å². The summed E-state index contributed by atoms with van der Waals surface area (Å²) in [6.45, 7) is 0.568. The van der Waals surface area contributed by atoms with Gasteiger partial charge in [0.25, 0.3) is 5.91 Å². The second-order valence-corrected chi connectivity index (χ2v) is 8.98. The summed E-state index contributed by atoms with van der Waals surface area (Å²) in [7, 11) is 1.31. The minimum atomic E-state index is -0.655. The molecule has 4 aromatic carbocycles. The van der Waals surface area contributed by atoms with Crippen LogP contribution in [0.4, 0.5) is 15.3 Å². The van der Waals surface area contributed by atoms with E-state index in [9.17, 15) is 14.4 Å². The minimum Gasteiger partial charge on any atom is -0.453 e. The Kier molecular flexibility index (Phi) is 7.54. The molecule has 1 aliphatic carbocycles. The van der Waals surface area contributed by atoms with E-state index in [1.807, 2.05) is 72.8 Å². The van der Waals surface area contributed by atoms with Crippen molar-refractivity contribution in [2.45, 2.75) is 19.2 Å². The molecule has 4 aromatic rings. The third kappa shape index (κ3) is 5.75. The van der Waals surface area contributed by atoms with Crippen LogP contribution in [0.2, 0.25) is 0 Å². The first-order valence-corrected chi connectivity index (χ1v) is 12.5. The highest BCUT2D eigenvalue weighted by molar-refractivity contribution is 6.02. The molecule has 0 radical (unpaired) electrons. The molecule has 5 rings (SSSR count). The number of rotatable bonds is 7. The molecule has 196 valence electrons. The lowest BCUT2D eigenvalue weighted by atomic mass is 10.1. The molecule has 0 fully saturated rings. The predicted octanol–water partition coefficient (Wildman–Crippen LogP) is 5.79. The zero-order valence-electron chi connectivity index (χ0n) is 21.3. The van der Waals surface area contributed by atoms with Crippen LogP contribution in [0.1, 0.15) is 38.7 Å². The summed E-state index contributed by atoms with van der Waals surface area (Å²) in [6.07, 6.45) is -1.71. The smallest absolute Gasteiger partial charge is 0.412 e. The van der Waals surface area contributed by atoms with Crippen LogP contribution < -0.4 is 16.0 Å². The van der Waals surface area contributed by atoms with Crippen LogP contribution in [-0.4, -0.2) is 25.2 Å². The van der Waals surface area contributed by atoms with E-state index >= 15 is 0 Å². The fraction of sp³-hybridized carbons (Fsp3) is 0.129. The first-order valence-electron chi connectivity index (χ1n) is 12.5. The van der Waals surface area contributed by atoms with E-state index in [2.05, 4.69) is 20.7 Å². The van der Waals surface area contributed by atoms with Crippen molar-refractivity contribution in [3.63, 3.8) is 0 Å². The number of amides is 3. The first-order chi connectivity index (χ1) is 19.0. The van der Waals surface area contributed by atoms with E-state index in [4.69, 9.17) is 4.74 Å². The first kappa shape index (κ1) is 25.5. The SMILES string of the molecule is COC(=O)NCc1cccc(CNC(=O)c2ccccc2NC(=O)OC2c3ccccc3-c3ccccc32)c1. The average Bonchev–Trinajstić information content (AvgIpc) is 3.28. The van der Waals surface area contributed by atoms with Gasteiger partial charge in [0.1, 0.15) is 0 Å². The monoisotopic (exact) mass is 521 g/mol. The lowest BCUT2D eigenvalue weighted by molar-refractivity contribution is 0.0951. The fourth-order valence-electron chi connectivity index (χ4n) is 4.65. The zero-order valence-corrected chi connectivity index (χ0v) is 21.3. The highest BCUT2D eigenvalue weighted by Gasteiger charge is 2.31. The van der Waals surface area contributed by atoms with Gasteiger partial charge >= 0.3 is 12.2 Å². The van der Waals surface area contributed by atoms with E-state index in [0.29, 0.717) is 17.8 Å². The van der Waals surface area contributed by atoms with E-state index in [-0.39, 0.29) is 12.5 Å². The molecule has 8 heteroatoms. The van der Waals surface area contributed by atoms with Gasteiger partial charge < -0.3 is 20.1 Å². The number of hydrogen-bond acceptors (Lipinski definition) is 5. The quantitative estimate of drug-likeness (QED) is 0.285. The maximum absolute atomic E-state index is 13.1. The maximum Gasteiger partial charge on any atom is 0.412 e. The van der Waals surface area contributed by atoms with Crippen molar-refractivity contribution in [2.75, 3.05) is 12.4 Å². The number of carbonyl (C=O) groups excluding carboxylic acids is 3. The normalized spacial score (nSPS) is 11.6. The highest BCUT2D eigenvalue weighted by atomic mass is 16.6. The summed E-state index contributed by atoms with van der Waals surface area (Å²) in [5, 5.41) is 8.26. The minimum absolute atomic E-state index is 0.263. The van der Waals surface area contributed by atoms with Gasteiger partial charge in [-0.3, -0.25) is 10.1 Å². The van der Waals surface area contributed by atoms with Crippen LogP contribution in [0.5, 0.6) is 0 Å². The Balaban J connectivity index is 1.24. The second kappa shape index (κ2) is 11.5. The van der Waals surface area contributed by atoms with Gasteiger partial charge in [-0.15, -0.1) is 0 Å². The topological polar surface area (TPSA) is 106 Å². The fourth-order valence-corrected chi connectivity index (χ4v) is 4.65. The number of carbonyl (C=O) groups is 3. The van der Waals surface area contributed by atoms with Gasteiger partial charge in [-0.1, -0.05) is 84.9 Å². The van der Waals surface area contributed by atoms with Crippen LogP contribution in [0.3, 0.4) is 0 Å². The number of fused-ring (bicyclic) bond motifs is 3. The summed E-state index contributed by atoms with van der Waals surface area (Å²) in [4.78, 5) is 37.4. The van der Waals surface area contributed by atoms with Crippen molar-refractivity contribution in [2.24, 2.45) is 0 Å². The Morgan fingerprint density at radius 2 is 1.28 bits per heavy atom. The molecular formula is C31H27N3O5. The molecule has 0 bridgehead atoms. The molecule has 0 aromatic heterocycles. The predicted molar refractivity (Wildman–Crippen MR) is 147 cm³/mol. The summed E-state index contributed by atoms with van der Waals surface area (Å²) in [6, 6.07) is 29.9. The molecule has 8 nitrogen and oxygen atoms in total. The van der Waals surface area contributed by atoms with Gasteiger partial charge in [-0.05, 0) is 34.4 Å². The van der Waals surface area contributed by atoms with Gasteiger partial charge in [0.15, 0.2) is 6.10 Å². The molecule has 1 aliphatic rings. The van der Waals surface area contributed by atoms with Gasteiger partial charge in [0, 0.05) is 24.2 Å². The molecule has 39 heavy (non-hydrogen) atoms. The molecule has 0 atom stereocenters. The van der Waals surface area contributed by atoms with Crippen LogP contribution in [-0.2, 0) is 22.6 Å². The van der Waals surface area contributed by atoms with Gasteiger partial charge in [-0.25, -0.2) is 9.59 Å². The standard InChI is InChI=1S/C31H27N3O5/c1-38-30(36)33-19-21-10-8-9-20(17-21)18-32-29(35)26-15-6-7-16-27(26)34-31(37)39-28-24-13-4-2-11-22(24)23-12-3-5-14-25(23)28/h2-17,28H,18-19H2,1H3,(H,32,35)(H,33,36)(H,34,37). The Morgan fingerprint density at radius 1 is 0.692 bits per heavy atom. The third-order valence-electron chi connectivity index (χ3n) is 6.48. The number of anilines is 1. The van der Waals surface area contributed by atoms with E-state index < -0.39 is 18.3 Å². The average molecular weight is 522 g/mol. The van der Waals surface area contributed by atoms with Crippen LogP contribution >= 0.6 is 0 Å². The summed E-state index contributed by atoms with van der Waals surface area (Å²) in [5.74, 6) is -0.347. The number of para-hydroxylation sites is 1. The van der Waals surface area contributed by atoms with Crippen molar-refractivity contribution in [1.82, 2.24) is 10.6 Å². The molecule has 0 aliphatic heterocycles. The Morgan fingerprint density at radius 3 is 1.95 bits per heavy atom. The maximum atomic E-state index is 13.1. The molecular weight excluding hydrogens is 494 g/mol. The molecule has 0 saturated heterocycles. The summed E-state index contributed by atoms with van der Waals surface area (Å²) in [5.41, 5.74) is 6.29. The summed E-state index contributed by atoms with van der Waals surface area (Å²) >= 11 is 0. The number of benzene rings is 4. The van der Waals surface area contributed by atoms with Crippen molar-refractivity contribution in [3.05, 3.63) is 125 Å². The molecule has 0 heterocycles. The van der Waals surface area contributed by atoms with Gasteiger partial charge in [0.05, 0.1) is 18.4 Å². The Bertz CT molecular complexity index is 1490. The summed E-state index contributed by atoms with van der Waals surface area (Å²) < 4.78 is 10.5. The Hall–Kier alpha value is -5.11. The number of ether oxygens (including phenoxy) is 2. The van der Waals surface area contributed by atoms with Crippen molar-refractivity contribution >= 4 is 23.8 Å². The van der Waals surface area contributed by atoms with E-state index in [1.165, 1.54) is 7.11 Å². The lowest BCUT2D eigenvalue weighted by Crippen LogP contribution is -2.25. The molecule has 3 N–H and O–H groups in total. The molecule has 3 amide bonds. The van der Waals surface area contributed by atoms with Crippen LogP contribution in [0.15, 0.2) is 97.1 Å². The van der Waals surface area contributed by atoms with Crippen molar-refractivity contribution < 1.29 is 23.9 Å². The highest BCUT2D eigenvalue weighted by Crippen LogP contribution is 2.45. The largest absolute Gasteiger partial charge is 0.453 e. The Labute approximate surface area is 226 Å². The van der Waals surface area contributed by atoms with Crippen LogP contribution in [0.25, 0.3) is 11.1 Å². The number of hydrogen-bond donors (Lipinski definition) is 3. The number of nitrogens with one attached hydrogen (secondary N) is 3.